The molecule has 0 bridgehead atoms. The van der Waals surface area contributed by atoms with Crippen molar-refractivity contribution in [2.24, 2.45) is 7.05 Å². The van der Waals surface area contributed by atoms with Crippen LogP contribution in [-0.2, 0) is 7.05 Å². The van der Waals surface area contributed by atoms with E-state index in [1.165, 1.54) is 0 Å². The Morgan fingerprint density at radius 2 is 1.96 bits per heavy atom. The van der Waals surface area contributed by atoms with Crippen molar-refractivity contribution in [1.29, 1.82) is 0 Å². The maximum absolute atomic E-state index is 12.8. The van der Waals surface area contributed by atoms with Crippen molar-refractivity contribution >= 4 is 50.3 Å². The van der Waals surface area contributed by atoms with Gasteiger partial charge in [-0.3, -0.25) is 9.48 Å². The van der Waals surface area contributed by atoms with Crippen molar-refractivity contribution in [3.63, 3.8) is 0 Å². The van der Waals surface area contributed by atoms with E-state index in [1.54, 1.807) is 29.3 Å². The number of carbonyl (C=O) groups is 1. The van der Waals surface area contributed by atoms with Gasteiger partial charge in [-0.15, -0.1) is 0 Å². The predicted octanol–water partition coefficient (Wildman–Crippen LogP) is 2.74. The minimum Gasteiger partial charge on any atom is -0.352 e. The van der Waals surface area contributed by atoms with E-state index in [2.05, 4.69) is 35.9 Å². The molecule has 3 heterocycles. The highest BCUT2D eigenvalue weighted by molar-refractivity contribution is 9.10. The third-order valence-electron chi connectivity index (χ3n) is 4.53. The van der Waals surface area contributed by atoms with Crippen LogP contribution in [0.3, 0.4) is 0 Å². The second-order valence-corrected chi connectivity index (χ2v) is 7.43. The van der Waals surface area contributed by atoms with Gasteiger partial charge in [0.2, 0.25) is 0 Å². The van der Waals surface area contributed by atoms with Crippen LogP contribution in [0.5, 0.6) is 0 Å². The number of amides is 1. The van der Waals surface area contributed by atoms with Crippen LogP contribution in [0.4, 0.5) is 5.82 Å². The fraction of sp³-hybridized carbons (Fsp3) is 0.294. The first-order valence-electron chi connectivity index (χ1n) is 8.16. The molecule has 134 valence electrons. The Hall–Kier alpha value is -2.19. The van der Waals surface area contributed by atoms with E-state index in [-0.39, 0.29) is 5.91 Å². The number of carbonyl (C=O) groups excluding carboxylic acids is 1. The Labute approximate surface area is 163 Å². The van der Waals surface area contributed by atoms with E-state index in [0.29, 0.717) is 36.8 Å². The molecule has 0 spiro atoms. The van der Waals surface area contributed by atoms with E-state index in [4.69, 9.17) is 11.6 Å². The number of halogens is 2. The molecule has 4 rings (SSSR count). The predicted molar refractivity (Wildman–Crippen MR) is 104 cm³/mol. The first-order valence-corrected chi connectivity index (χ1v) is 9.33. The molecule has 9 heteroatoms. The minimum absolute atomic E-state index is 0.0508. The normalized spacial score (nSPS) is 14.9. The minimum atomic E-state index is -0.0508. The van der Waals surface area contributed by atoms with Gasteiger partial charge < -0.3 is 9.80 Å². The second-order valence-electron chi connectivity index (χ2n) is 6.11. The maximum atomic E-state index is 12.8. The van der Waals surface area contributed by atoms with Crippen molar-refractivity contribution in [2.45, 2.75) is 0 Å². The van der Waals surface area contributed by atoms with Gasteiger partial charge in [0, 0.05) is 37.7 Å². The molecule has 1 fully saturated rings. The van der Waals surface area contributed by atoms with Crippen LogP contribution >= 0.6 is 27.5 Å². The third kappa shape index (κ3) is 3.03. The van der Waals surface area contributed by atoms with E-state index in [0.717, 1.165) is 21.3 Å². The van der Waals surface area contributed by atoms with E-state index < -0.39 is 0 Å². The molecular weight excluding hydrogens is 420 g/mol. The number of hydrogen-bond donors (Lipinski definition) is 0. The van der Waals surface area contributed by atoms with Gasteiger partial charge in [0.15, 0.2) is 5.65 Å². The summed E-state index contributed by atoms with van der Waals surface area (Å²) in [6.07, 6.45) is 3.33. The fourth-order valence-corrected chi connectivity index (χ4v) is 3.71. The SMILES string of the molecule is Cn1ncc2c(N3CCN(C(=O)c4cc(Br)ccc4Cl)CC3)ncnc21. The van der Waals surface area contributed by atoms with Crippen LogP contribution in [0.2, 0.25) is 5.02 Å². The van der Waals surface area contributed by atoms with Crippen LogP contribution in [0, 0.1) is 0 Å². The summed E-state index contributed by atoms with van der Waals surface area (Å²) in [5, 5.41) is 5.64. The van der Waals surface area contributed by atoms with Crippen molar-refractivity contribution in [2.75, 3.05) is 31.1 Å². The van der Waals surface area contributed by atoms with Crippen LogP contribution in [0.25, 0.3) is 11.0 Å². The van der Waals surface area contributed by atoms with Gasteiger partial charge in [-0.05, 0) is 18.2 Å². The highest BCUT2D eigenvalue weighted by atomic mass is 79.9. The standard InChI is InChI=1S/C17H16BrClN6O/c1-23-15-13(9-22-23)16(21-10-20-15)24-4-6-25(7-5-24)17(26)12-8-11(18)2-3-14(12)19/h2-3,8-10H,4-7H2,1H3. The number of piperazine rings is 1. The van der Waals surface area contributed by atoms with E-state index in [1.807, 2.05) is 18.0 Å². The summed E-state index contributed by atoms with van der Waals surface area (Å²) >= 11 is 9.59. The summed E-state index contributed by atoms with van der Waals surface area (Å²) in [5.74, 6) is 0.806. The van der Waals surface area contributed by atoms with Gasteiger partial charge >= 0.3 is 0 Å². The monoisotopic (exact) mass is 434 g/mol. The molecule has 0 saturated carbocycles. The highest BCUT2D eigenvalue weighted by Gasteiger charge is 2.25. The van der Waals surface area contributed by atoms with Gasteiger partial charge in [-0.1, -0.05) is 27.5 Å². The lowest BCUT2D eigenvalue weighted by Crippen LogP contribution is -2.49. The van der Waals surface area contributed by atoms with Crippen LogP contribution < -0.4 is 4.90 Å². The summed E-state index contributed by atoms with van der Waals surface area (Å²) in [7, 11) is 1.86. The van der Waals surface area contributed by atoms with Crippen molar-refractivity contribution < 1.29 is 4.79 Å². The topological polar surface area (TPSA) is 67.2 Å². The molecule has 26 heavy (non-hydrogen) atoms. The first kappa shape index (κ1) is 17.2. The largest absolute Gasteiger partial charge is 0.352 e. The molecule has 7 nitrogen and oxygen atoms in total. The summed E-state index contributed by atoms with van der Waals surface area (Å²) in [5.41, 5.74) is 1.32. The van der Waals surface area contributed by atoms with Gasteiger partial charge in [-0.25, -0.2) is 9.97 Å². The molecule has 1 saturated heterocycles. The lowest BCUT2D eigenvalue weighted by Gasteiger charge is -2.35. The molecule has 1 aliphatic heterocycles. The number of rotatable bonds is 2. The Kier molecular flexibility index (Phi) is 4.54. The smallest absolute Gasteiger partial charge is 0.255 e. The van der Waals surface area contributed by atoms with Gasteiger partial charge in [0.1, 0.15) is 12.1 Å². The van der Waals surface area contributed by atoms with Gasteiger partial charge in [0.25, 0.3) is 5.91 Å². The Balaban J connectivity index is 1.52. The number of anilines is 1. The van der Waals surface area contributed by atoms with Crippen molar-refractivity contribution in [3.05, 3.63) is 45.8 Å². The quantitative estimate of drug-likeness (QED) is 0.619. The summed E-state index contributed by atoms with van der Waals surface area (Å²) < 4.78 is 2.57. The average Bonchev–Trinajstić information content (AvgIpc) is 3.04. The molecule has 0 radical (unpaired) electrons. The zero-order valence-electron chi connectivity index (χ0n) is 14.1. The summed E-state index contributed by atoms with van der Waals surface area (Å²) in [6, 6.07) is 5.32. The van der Waals surface area contributed by atoms with Crippen molar-refractivity contribution in [3.8, 4) is 0 Å². The summed E-state index contributed by atoms with van der Waals surface area (Å²) in [4.78, 5) is 25.5. The number of aromatic nitrogens is 4. The Bertz CT molecular complexity index is 983. The Morgan fingerprint density at radius 1 is 1.19 bits per heavy atom. The van der Waals surface area contributed by atoms with Crippen molar-refractivity contribution in [1.82, 2.24) is 24.6 Å². The number of nitrogens with zero attached hydrogens (tertiary/aromatic N) is 6. The fourth-order valence-electron chi connectivity index (χ4n) is 3.15. The Morgan fingerprint density at radius 3 is 2.73 bits per heavy atom. The van der Waals surface area contributed by atoms with Gasteiger partial charge in [-0.2, -0.15) is 5.10 Å². The maximum Gasteiger partial charge on any atom is 0.255 e. The molecule has 0 unspecified atom stereocenters. The number of fused-ring (bicyclic) bond motifs is 1. The van der Waals surface area contributed by atoms with Crippen LogP contribution in [-0.4, -0.2) is 56.7 Å². The molecule has 1 aromatic carbocycles. The molecule has 3 aromatic rings. The molecule has 0 atom stereocenters. The first-order chi connectivity index (χ1) is 12.5. The number of aryl methyl sites for hydroxylation is 1. The van der Waals surface area contributed by atoms with Gasteiger partial charge in [0.05, 0.1) is 22.2 Å². The lowest BCUT2D eigenvalue weighted by molar-refractivity contribution is 0.0746. The average molecular weight is 436 g/mol. The number of benzene rings is 1. The molecule has 1 aliphatic rings. The van der Waals surface area contributed by atoms with E-state index >= 15 is 0 Å². The van der Waals surface area contributed by atoms with E-state index in [9.17, 15) is 4.79 Å². The highest BCUT2D eigenvalue weighted by Crippen LogP contribution is 2.25. The van der Waals surface area contributed by atoms with Crippen LogP contribution in [0.15, 0.2) is 35.2 Å². The second kappa shape index (κ2) is 6.85. The molecule has 0 N–H and O–H groups in total. The molecule has 1 amide bonds. The molecular formula is C17H16BrClN6O. The molecule has 2 aromatic heterocycles. The zero-order valence-corrected chi connectivity index (χ0v) is 16.4. The third-order valence-corrected chi connectivity index (χ3v) is 5.36. The summed E-state index contributed by atoms with van der Waals surface area (Å²) in [6.45, 7) is 2.59. The van der Waals surface area contributed by atoms with Crippen LogP contribution in [0.1, 0.15) is 10.4 Å². The number of hydrogen-bond acceptors (Lipinski definition) is 5. The zero-order chi connectivity index (χ0) is 18.3. The lowest BCUT2D eigenvalue weighted by atomic mass is 10.1. The molecule has 0 aliphatic carbocycles.